The number of carbonyl (C=O) groups is 5. The molecule has 2 heterocycles. The summed E-state index contributed by atoms with van der Waals surface area (Å²) in [4.78, 5) is 76.9. The van der Waals surface area contributed by atoms with Crippen molar-refractivity contribution in [3.63, 3.8) is 0 Å². The summed E-state index contributed by atoms with van der Waals surface area (Å²) in [5, 5.41) is 23.6. The fraction of sp³-hybridized carbons (Fsp3) is 0.757. The van der Waals surface area contributed by atoms with Crippen LogP contribution in [-0.2, 0) is 19.2 Å². The third kappa shape index (κ3) is 9.45. The van der Waals surface area contributed by atoms with Crippen molar-refractivity contribution in [1.82, 2.24) is 36.1 Å². The number of aliphatic hydroxyl groups excluding tert-OH is 1. The largest absolute Gasteiger partial charge is 0.376 e. The van der Waals surface area contributed by atoms with Crippen LogP contribution in [0.1, 0.15) is 122 Å². The van der Waals surface area contributed by atoms with Gasteiger partial charge in [0.05, 0.1) is 24.3 Å². The van der Waals surface area contributed by atoms with Gasteiger partial charge >= 0.3 is 0 Å². The number of hydrogen-bond acceptors (Lipinski definition) is 9. The van der Waals surface area contributed by atoms with Gasteiger partial charge in [0, 0.05) is 37.4 Å². The lowest BCUT2D eigenvalue weighted by Gasteiger charge is -2.41. The Kier molecular flexibility index (Phi) is 12.6. The molecular formula is C37H57N7O6. The number of Topliss-reactive ketones (excluding diaryl/α,β-unsaturated/α-hetero) is 1. The number of aliphatic hydroxyl groups is 1. The van der Waals surface area contributed by atoms with Crippen LogP contribution in [0.2, 0.25) is 0 Å². The molecule has 4 amide bonds. The van der Waals surface area contributed by atoms with Gasteiger partial charge in [-0.05, 0) is 68.1 Å². The van der Waals surface area contributed by atoms with Crippen molar-refractivity contribution in [3.8, 4) is 0 Å². The Morgan fingerprint density at radius 3 is 2.34 bits per heavy atom. The number of likely N-dealkylation sites (tertiary alicyclic amines) is 1. The van der Waals surface area contributed by atoms with Crippen LogP contribution >= 0.6 is 0 Å². The number of carbonyl (C=O) groups excluding carboxylic acids is 5. The van der Waals surface area contributed by atoms with Gasteiger partial charge in [-0.3, -0.25) is 34.3 Å². The molecule has 0 radical (unpaired) electrons. The molecule has 1 aromatic rings. The van der Waals surface area contributed by atoms with Crippen LogP contribution in [0.15, 0.2) is 18.6 Å². The minimum absolute atomic E-state index is 0.00955. The summed E-state index contributed by atoms with van der Waals surface area (Å²) >= 11 is 0. The molecule has 3 aliphatic carbocycles. The first kappa shape index (κ1) is 37.8. The maximum atomic E-state index is 14.6. The molecule has 1 aromatic heterocycles. The van der Waals surface area contributed by atoms with Crippen molar-refractivity contribution >= 4 is 29.4 Å². The topological polar surface area (TPSA) is 183 Å². The summed E-state index contributed by atoms with van der Waals surface area (Å²) in [6.45, 7) is 8.24. The molecule has 13 heteroatoms. The van der Waals surface area contributed by atoms with Crippen LogP contribution < -0.4 is 21.3 Å². The highest BCUT2D eigenvalue weighted by Crippen LogP contribution is 2.44. The fourth-order valence-corrected chi connectivity index (χ4v) is 8.30. The van der Waals surface area contributed by atoms with Crippen molar-refractivity contribution in [3.05, 3.63) is 24.3 Å². The monoisotopic (exact) mass is 695 g/mol. The van der Waals surface area contributed by atoms with E-state index in [2.05, 4.69) is 31.2 Å². The molecule has 7 atom stereocenters. The number of aromatic nitrogens is 2. The van der Waals surface area contributed by atoms with E-state index >= 15 is 0 Å². The van der Waals surface area contributed by atoms with Crippen LogP contribution in [-0.4, -0.2) is 92.4 Å². The van der Waals surface area contributed by atoms with Gasteiger partial charge in [0.1, 0.15) is 11.9 Å². The third-order valence-corrected chi connectivity index (χ3v) is 11.1. The Morgan fingerprint density at radius 1 is 0.960 bits per heavy atom. The second kappa shape index (κ2) is 16.7. The normalized spacial score (nSPS) is 24.8. The fourth-order valence-electron chi connectivity index (χ4n) is 8.30. The number of ketones is 1. The van der Waals surface area contributed by atoms with E-state index in [4.69, 9.17) is 0 Å². The van der Waals surface area contributed by atoms with Gasteiger partial charge in [0.25, 0.3) is 11.8 Å². The number of nitrogens with one attached hydrogen (secondary N) is 4. The van der Waals surface area contributed by atoms with Gasteiger partial charge in [-0.1, -0.05) is 59.8 Å². The minimum Gasteiger partial charge on any atom is -0.376 e. The molecule has 3 saturated carbocycles. The minimum atomic E-state index is -1.22. The molecule has 276 valence electrons. The maximum Gasteiger partial charge on any atom is 0.289 e. The van der Waals surface area contributed by atoms with E-state index in [0.29, 0.717) is 19.4 Å². The molecule has 1 aliphatic heterocycles. The molecule has 1 saturated heterocycles. The van der Waals surface area contributed by atoms with Gasteiger partial charge in [-0.2, -0.15) is 0 Å². The number of amides is 4. The summed E-state index contributed by atoms with van der Waals surface area (Å²) < 4.78 is 0. The number of hydrogen-bond donors (Lipinski definition) is 5. The highest BCUT2D eigenvalue weighted by atomic mass is 16.3. The number of fused-ring (bicyclic) bond motifs is 1. The van der Waals surface area contributed by atoms with Gasteiger partial charge in [0.2, 0.25) is 17.6 Å². The SMILES string of the molecule is CCC[C@H](NC(=O)C[C@H]1C2CCC[C@H]2CN1C(=O)[C@@H](NC(O)[C@@H](NC(=O)c1cnccn1)C1CCCCC1)C(C)(C)C)C(=O)C(=O)NC1CC1. The summed E-state index contributed by atoms with van der Waals surface area (Å²) in [6.07, 6.45) is 13.5. The first-order chi connectivity index (χ1) is 23.9. The molecule has 5 rings (SSSR count). The molecule has 50 heavy (non-hydrogen) atoms. The van der Waals surface area contributed by atoms with Crippen molar-refractivity contribution in [2.45, 2.75) is 148 Å². The van der Waals surface area contributed by atoms with E-state index < -0.39 is 47.4 Å². The van der Waals surface area contributed by atoms with Crippen LogP contribution in [0, 0.1) is 23.2 Å². The predicted octanol–water partition coefficient (Wildman–Crippen LogP) is 2.63. The van der Waals surface area contributed by atoms with Crippen LogP contribution in [0.4, 0.5) is 0 Å². The molecule has 4 fully saturated rings. The van der Waals surface area contributed by atoms with E-state index in [1.165, 1.54) is 18.6 Å². The van der Waals surface area contributed by atoms with Gasteiger partial charge in [-0.25, -0.2) is 4.98 Å². The Morgan fingerprint density at radius 2 is 1.70 bits per heavy atom. The molecule has 0 aromatic carbocycles. The van der Waals surface area contributed by atoms with E-state index in [9.17, 15) is 29.1 Å². The standard InChI is InChI=1S/C37H57N7O6/c1-5-10-26(31(46)35(49)40-24-15-16-24)41-29(45)19-28-25-14-9-13-23(25)21-44(28)36(50)32(37(2,3)4)43-34(48)30(22-11-7-6-8-12-22)42-33(47)27-20-38-17-18-39-27/h17-18,20,22-26,28,30,32,34,43,48H,5-16,19,21H2,1-4H3,(H,40,49)(H,41,45)(H,42,47)/t23-,25?,26-,28-,30-,32+,34?/m0/s1. The molecule has 0 spiro atoms. The van der Waals surface area contributed by atoms with E-state index in [0.717, 1.165) is 64.2 Å². The smallest absolute Gasteiger partial charge is 0.289 e. The predicted molar refractivity (Wildman–Crippen MR) is 186 cm³/mol. The molecule has 0 bridgehead atoms. The Bertz CT molecular complexity index is 1360. The quantitative estimate of drug-likeness (QED) is 0.136. The third-order valence-electron chi connectivity index (χ3n) is 11.1. The maximum absolute atomic E-state index is 14.6. The molecular weight excluding hydrogens is 638 g/mol. The lowest BCUT2D eigenvalue weighted by atomic mass is 9.81. The highest BCUT2D eigenvalue weighted by Gasteiger charge is 2.50. The second-order valence-electron chi connectivity index (χ2n) is 16.0. The van der Waals surface area contributed by atoms with E-state index in [1.807, 2.05) is 32.6 Å². The Balaban J connectivity index is 1.31. The Labute approximate surface area is 295 Å². The first-order valence-electron chi connectivity index (χ1n) is 18.8. The summed E-state index contributed by atoms with van der Waals surface area (Å²) in [5.74, 6) is -1.85. The van der Waals surface area contributed by atoms with Crippen LogP contribution in [0.5, 0.6) is 0 Å². The number of rotatable bonds is 15. The van der Waals surface area contributed by atoms with Crippen molar-refractivity contribution in [1.29, 1.82) is 0 Å². The van der Waals surface area contributed by atoms with Crippen molar-refractivity contribution in [2.75, 3.05) is 6.54 Å². The zero-order chi connectivity index (χ0) is 36.0. The van der Waals surface area contributed by atoms with E-state index in [-0.39, 0.29) is 53.8 Å². The average Bonchev–Trinajstić information content (AvgIpc) is 3.68. The first-order valence-corrected chi connectivity index (χ1v) is 18.8. The van der Waals surface area contributed by atoms with Crippen LogP contribution in [0.25, 0.3) is 0 Å². The molecule has 2 unspecified atom stereocenters. The lowest BCUT2D eigenvalue weighted by Crippen LogP contribution is -2.62. The molecule has 13 nitrogen and oxygen atoms in total. The number of nitrogens with zero attached hydrogens (tertiary/aromatic N) is 3. The molecule has 4 aliphatic rings. The molecule has 5 N–H and O–H groups in total. The second-order valence-corrected chi connectivity index (χ2v) is 16.0. The summed E-state index contributed by atoms with van der Waals surface area (Å²) in [7, 11) is 0. The lowest BCUT2D eigenvalue weighted by molar-refractivity contribution is -0.141. The van der Waals surface area contributed by atoms with Gasteiger partial charge in [-0.15, -0.1) is 0 Å². The van der Waals surface area contributed by atoms with Gasteiger partial charge in [0.15, 0.2) is 0 Å². The van der Waals surface area contributed by atoms with E-state index in [1.54, 1.807) is 0 Å². The zero-order valence-corrected chi connectivity index (χ0v) is 30.2. The zero-order valence-electron chi connectivity index (χ0n) is 30.2. The summed E-state index contributed by atoms with van der Waals surface area (Å²) in [6, 6.07) is -2.72. The highest BCUT2D eigenvalue weighted by molar-refractivity contribution is 6.38. The average molecular weight is 696 g/mol. The van der Waals surface area contributed by atoms with Crippen LogP contribution in [0.3, 0.4) is 0 Å². The Hall–Kier alpha value is -3.45. The summed E-state index contributed by atoms with van der Waals surface area (Å²) in [5.41, 5.74) is -0.470. The van der Waals surface area contributed by atoms with Crippen molar-refractivity contribution in [2.24, 2.45) is 23.2 Å². The van der Waals surface area contributed by atoms with Crippen molar-refractivity contribution < 1.29 is 29.1 Å². The van der Waals surface area contributed by atoms with Gasteiger partial charge < -0.3 is 26.0 Å².